The Morgan fingerprint density at radius 3 is 2.47 bits per heavy atom. The third-order valence-electron chi connectivity index (χ3n) is 2.41. The summed E-state index contributed by atoms with van der Waals surface area (Å²) in [7, 11) is 0. The minimum atomic E-state index is -1.03. The van der Waals surface area contributed by atoms with Gasteiger partial charge in [0.2, 0.25) is 0 Å². The number of carboxylic acids is 1. The molecule has 0 aliphatic carbocycles. The summed E-state index contributed by atoms with van der Waals surface area (Å²) in [5, 5.41) is 11.6. The van der Waals surface area contributed by atoms with Crippen LogP contribution in [0.15, 0.2) is 34.8 Å². The highest BCUT2D eigenvalue weighted by Gasteiger charge is 2.13. The van der Waals surface area contributed by atoms with Gasteiger partial charge in [-0.15, -0.1) is 11.3 Å². The minimum Gasteiger partial charge on any atom is -0.477 e. The largest absolute Gasteiger partial charge is 0.477 e. The maximum absolute atomic E-state index is 12.0. The molecule has 0 bridgehead atoms. The van der Waals surface area contributed by atoms with E-state index in [4.69, 9.17) is 5.11 Å². The summed E-state index contributed by atoms with van der Waals surface area (Å²) in [5.41, 5.74) is 1.73. The van der Waals surface area contributed by atoms with Gasteiger partial charge >= 0.3 is 5.97 Å². The molecule has 2 N–H and O–H groups in total. The predicted molar refractivity (Wildman–Crippen MR) is 78.1 cm³/mol. The van der Waals surface area contributed by atoms with Crippen LogP contribution in [0.1, 0.15) is 24.9 Å². The average Bonchev–Trinajstić information content (AvgIpc) is 2.82. The fraction of sp³-hybridized carbons (Fsp3) is 0.0769. The minimum absolute atomic E-state index is 0.146. The van der Waals surface area contributed by atoms with Gasteiger partial charge in [-0.1, -0.05) is 6.07 Å². The Balaban J connectivity index is 2.18. The SMILES string of the molecule is Cc1ccc(NC(=O)c2ccc(C(=O)O)s2)c(Br)c1. The maximum Gasteiger partial charge on any atom is 0.345 e. The van der Waals surface area contributed by atoms with Crippen LogP contribution in [-0.4, -0.2) is 17.0 Å². The van der Waals surface area contributed by atoms with Gasteiger partial charge in [-0.2, -0.15) is 0 Å². The number of carbonyl (C=O) groups excluding carboxylic acids is 1. The third-order valence-corrected chi connectivity index (χ3v) is 4.14. The van der Waals surface area contributed by atoms with E-state index in [2.05, 4.69) is 21.2 Å². The number of anilines is 1. The van der Waals surface area contributed by atoms with Crippen molar-refractivity contribution in [3.05, 3.63) is 50.1 Å². The number of benzene rings is 1. The van der Waals surface area contributed by atoms with Crippen molar-refractivity contribution in [2.75, 3.05) is 5.32 Å². The number of amides is 1. The lowest BCUT2D eigenvalue weighted by Gasteiger charge is -2.06. The van der Waals surface area contributed by atoms with Crippen molar-refractivity contribution in [1.82, 2.24) is 0 Å². The lowest BCUT2D eigenvalue weighted by atomic mass is 10.2. The van der Waals surface area contributed by atoms with Crippen molar-refractivity contribution >= 4 is 44.8 Å². The number of nitrogens with one attached hydrogen (secondary N) is 1. The molecule has 0 unspecified atom stereocenters. The predicted octanol–water partition coefficient (Wildman–Crippen LogP) is 3.77. The highest BCUT2D eigenvalue weighted by Crippen LogP contribution is 2.25. The molecule has 0 aliphatic heterocycles. The standard InChI is InChI=1S/C13H10BrNO3S/c1-7-2-3-9(8(14)6-7)15-12(16)10-4-5-11(19-10)13(17)18/h2-6H,1H3,(H,15,16)(H,17,18). The van der Waals surface area contributed by atoms with E-state index in [9.17, 15) is 9.59 Å². The summed E-state index contributed by atoms with van der Waals surface area (Å²) < 4.78 is 0.788. The number of aromatic carboxylic acids is 1. The van der Waals surface area contributed by atoms with Crippen LogP contribution >= 0.6 is 27.3 Å². The van der Waals surface area contributed by atoms with Gasteiger partial charge in [0.25, 0.3) is 5.91 Å². The van der Waals surface area contributed by atoms with Crippen LogP contribution < -0.4 is 5.32 Å². The van der Waals surface area contributed by atoms with E-state index in [1.165, 1.54) is 12.1 Å². The summed E-state index contributed by atoms with van der Waals surface area (Å²) >= 11 is 4.32. The number of hydrogen-bond donors (Lipinski definition) is 2. The van der Waals surface area contributed by atoms with E-state index in [-0.39, 0.29) is 10.8 Å². The molecule has 0 saturated heterocycles. The summed E-state index contributed by atoms with van der Waals surface area (Å²) in [4.78, 5) is 23.2. The van der Waals surface area contributed by atoms with Crippen LogP contribution in [0.2, 0.25) is 0 Å². The number of rotatable bonds is 3. The van der Waals surface area contributed by atoms with Crippen molar-refractivity contribution in [3.8, 4) is 0 Å². The van der Waals surface area contributed by atoms with Crippen LogP contribution in [-0.2, 0) is 0 Å². The molecular formula is C13H10BrNO3S. The smallest absolute Gasteiger partial charge is 0.345 e. The molecule has 2 aromatic rings. The van der Waals surface area contributed by atoms with Gasteiger partial charge in [0.05, 0.1) is 10.6 Å². The molecule has 1 aromatic carbocycles. The molecule has 1 heterocycles. The molecule has 0 atom stereocenters. The van der Waals surface area contributed by atoms with Gasteiger partial charge in [-0.25, -0.2) is 4.79 Å². The van der Waals surface area contributed by atoms with E-state index < -0.39 is 5.97 Å². The zero-order chi connectivity index (χ0) is 14.0. The topological polar surface area (TPSA) is 66.4 Å². The van der Waals surface area contributed by atoms with Crippen molar-refractivity contribution in [1.29, 1.82) is 0 Å². The second-order valence-electron chi connectivity index (χ2n) is 3.91. The Morgan fingerprint density at radius 1 is 1.21 bits per heavy atom. The molecule has 98 valence electrons. The van der Waals surface area contributed by atoms with Gasteiger partial charge < -0.3 is 10.4 Å². The highest BCUT2D eigenvalue weighted by atomic mass is 79.9. The first kappa shape index (κ1) is 13.8. The summed E-state index contributed by atoms with van der Waals surface area (Å²) in [6.07, 6.45) is 0. The third kappa shape index (κ3) is 3.21. The Kier molecular flexibility index (Phi) is 4.01. The first-order valence-corrected chi connectivity index (χ1v) is 6.99. The Morgan fingerprint density at radius 2 is 1.89 bits per heavy atom. The van der Waals surface area contributed by atoms with Crippen molar-refractivity contribution in [2.45, 2.75) is 6.92 Å². The molecule has 0 radical (unpaired) electrons. The Labute approximate surface area is 122 Å². The Hall–Kier alpha value is -1.66. The number of carboxylic acid groups (broad SMARTS) is 1. The second kappa shape index (κ2) is 5.54. The summed E-state index contributed by atoms with van der Waals surface area (Å²) in [5.74, 6) is -1.34. The van der Waals surface area contributed by atoms with E-state index >= 15 is 0 Å². The lowest BCUT2D eigenvalue weighted by molar-refractivity contribution is 0.0702. The zero-order valence-electron chi connectivity index (χ0n) is 9.94. The number of aryl methyl sites for hydroxylation is 1. The second-order valence-corrected chi connectivity index (χ2v) is 5.84. The molecule has 0 saturated carbocycles. The number of thiophene rings is 1. The molecule has 0 spiro atoms. The van der Waals surface area contributed by atoms with Crippen LogP contribution in [0.25, 0.3) is 0 Å². The lowest BCUT2D eigenvalue weighted by Crippen LogP contribution is -2.10. The van der Waals surface area contributed by atoms with Gasteiger partial charge in [0.15, 0.2) is 0 Å². The molecule has 6 heteroatoms. The van der Waals surface area contributed by atoms with E-state index in [0.29, 0.717) is 10.6 Å². The van der Waals surface area contributed by atoms with Gasteiger partial charge in [-0.05, 0) is 52.7 Å². The average molecular weight is 340 g/mol. The van der Waals surface area contributed by atoms with Crippen LogP contribution in [0.3, 0.4) is 0 Å². The first-order chi connectivity index (χ1) is 8.97. The molecule has 1 amide bonds. The number of hydrogen-bond acceptors (Lipinski definition) is 3. The van der Waals surface area contributed by atoms with E-state index in [1.54, 1.807) is 6.07 Å². The quantitative estimate of drug-likeness (QED) is 0.894. The molecule has 19 heavy (non-hydrogen) atoms. The molecular weight excluding hydrogens is 330 g/mol. The number of halogens is 1. The molecule has 2 rings (SSSR count). The summed E-state index contributed by atoms with van der Waals surface area (Å²) in [6, 6.07) is 8.50. The number of carbonyl (C=O) groups is 2. The fourth-order valence-electron chi connectivity index (χ4n) is 1.48. The summed E-state index contributed by atoms with van der Waals surface area (Å²) in [6.45, 7) is 1.95. The van der Waals surface area contributed by atoms with Crippen molar-refractivity contribution in [3.63, 3.8) is 0 Å². The Bertz CT molecular complexity index is 651. The van der Waals surface area contributed by atoms with Crippen LogP contribution in [0.4, 0.5) is 5.69 Å². The molecule has 1 aromatic heterocycles. The van der Waals surface area contributed by atoms with Crippen molar-refractivity contribution in [2.24, 2.45) is 0 Å². The molecule has 0 aliphatic rings. The van der Waals surface area contributed by atoms with Crippen molar-refractivity contribution < 1.29 is 14.7 Å². The molecule has 4 nitrogen and oxygen atoms in total. The first-order valence-electron chi connectivity index (χ1n) is 5.38. The highest BCUT2D eigenvalue weighted by molar-refractivity contribution is 9.10. The van der Waals surface area contributed by atoms with Gasteiger partial charge in [0, 0.05) is 4.47 Å². The van der Waals surface area contributed by atoms with Gasteiger partial charge in [0.1, 0.15) is 4.88 Å². The maximum atomic E-state index is 12.0. The monoisotopic (exact) mass is 339 g/mol. The van der Waals surface area contributed by atoms with Crippen LogP contribution in [0.5, 0.6) is 0 Å². The zero-order valence-corrected chi connectivity index (χ0v) is 12.3. The van der Waals surface area contributed by atoms with E-state index in [0.717, 1.165) is 21.4 Å². The normalized spacial score (nSPS) is 10.2. The van der Waals surface area contributed by atoms with Gasteiger partial charge in [-0.3, -0.25) is 4.79 Å². The molecule has 0 fully saturated rings. The van der Waals surface area contributed by atoms with E-state index in [1.807, 2.05) is 19.1 Å². The van der Waals surface area contributed by atoms with Crippen LogP contribution in [0, 0.1) is 6.92 Å². The fourth-order valence-corrected chi connectivity index (χ4v) is 2.81.